The largest absolute Gasteiger partial charge is 0.493 e. The minimum atomic E-state index is 0.271. The molecule has 0 saturated carbocycles. The van der Waals surface area contributed by atoms with Crippen LogP contribution < -0.4 is 4.74 Å². The molecule has 1 aliphatic rings. The maximum atomic E-state index is 5.62. The Hall–Kier alpha value is -0.940. The molecule has 1 aromatic heterocycles. The molecule has 0 N–H and O–H groups in total. The van der Waals surface area contributed by atoms with Gasteiger partial charge in [-0.25, -0.2) is 4.98 Å². The molecule has 0 saturated heterocycles. The zero-order valence-electron chi connectivity index (χ0n) is 8.39. The summed E-state index contributed by atoms with van der Waals surface area (Å²) in [6.07, 6.45) is 0.945. The third-order valence-electron chi connectivity index (χ3n) is 2.69. The van der Waals surface area contributed by atoms with Crippen molar-refractivity contribution in [2.75, 3.05) is 6.61 Å². The zero-order valence-corrected chi connectivity index (χ0v) is 10.8. The van der Waals surface area contributed by atoms with Crippen molar-refractivity contribution < 1.29 is 4.74 Å². The van der Waals surface area contributed by atoms with Gasteiger partial charge in [0.1, 0.15) is 5.75 Å². The summed E-state index contributed by atoms with van der Waals surface area (Å²) in [7, 11) is 0. The normalized spacial score (nSPS) is 18.9. The van der Waals surface area contributed by atoms with E-state index in [-0.39, 0.29) is 5.92 Å². The lowest BCUT2D eigenvalue weighted by Gasteiger charge is -2.23. The fourth-order valence-electron chi connectivity index (χ4n) is 1.97. The Bertz CT molecular complexity index is 514. The first-order valence-electron chi connectivity index (χ1n) is 5.05. The van der Waals surface area contributed by atoms with E-state index < -0.39 is 0 Å². The Labute approximate surface area is 106 Å². The van der Waals surface area contributed by atoms with Crippen LogP contribution in [0.5, 0.6) is 5.75 Å². The van der Waals surface area contributed by atoms with Crippen molar-refractivity contribution in [1.82, 2.24) is 9.36 Å². The summed E-state index contributed by atoms with van der Waals surface area (Å²) < 4.78 is 10.8. The molecule has 0 fully saturated rings. The van der Waals surface area contributed by atoms with Gasteiger partial charge in [-0.1, -0.05) is 18.2 Å². The molecule has 16 heavy (non-hydrogen) atoms. The zero-order chi connectivity index (χ0) is 11.0. The molecule has 2 aromatic rings. The molecule has 0 radical (unpaired) electrons. The summed E-state index contributed by atoms with van der Waals surface area (Å²) in [5, 5.41) is 0. The van der Waals surface area contributed by atoms with E-state index in [9.17, 15) is 0 Å². The van der Waals surface area contributed by atoms with Crippen molar-refractivity contribution >= 4 is 27.5 Å². The van der Waals surface area contributed by atoms with E-state index >= 15 is 0 Å². The summed E-state index contributed by atoms with van der Waals surface area (Å²) in [6, 6.07) is 8.12. The van der Waals surface area contributed by atoms with Gasteiger partial charge in [-0.05, 0) is 39.9 Å². The highest BCUT2D eigenvalue weighted by Crippen LogP contribution is 2.37. The van der Waals surface area contributed by atoms with Crippen LogP contribution in [0.4, 0.5) is 0 Å². The molecule has 3 nitrogen and oxygen atoms in total. The maximum Gasteiger partial charge on any atom is 0.179 e. The van der Waals surface area contributed by atoms with Crippen LogP contribution in [-0.4, -0.2) is 16.0 Å². The van der Waals surface area contributed by atoms with Gasteiger partial charge in [0.15, 0.2) is 9.74 Å². The van der Waals surface area contributed by atoms with Gasteiger partial charge in [-0.15, -0.1) is 0 Å². The first-order chi connectivity index (χ1) is 7.84. The molecule has 3 rings (SSSR count). The lowest BCUT2D eigenvalue weighted by Crippen LogP contribution is -2.15. The lowest BCUT2D eigenvalue weighted by molar-refractivity contribution is 0.275. The van der Waals surface area contributed by atoms with E-state index in [1.807, 2.05) is 18.2 Å². The Balaban J connectivity index is 2.04. The van der Waals surface area contributed by atoms with E-state index in [2.05, 4.69) is 31.4 Å². The second-order valence-corrected chi connectivity index (χ2v) is 5.66. The molecule has 1 atom stereocenters. The predicted octanol–water partition coefficient (Wildman–Crippen LogP) is 3.22. The van der Waals surface area contributed by atoms with E-state index in [1.54, 1.807) is 0 Å². The monoisotopic (exact) mass is 296 g/mol. The van der Waals surface area contributed by atoms with Crippen molar-refractivity contribution in [1.29, 1.82) is 0 Å². The smallest absolute Gasteiger partial charge is 0.179 e. The van der Waals surface area contributed by atoms with Crippen LogP contribution in [0, 0.1) is 0 Å². The first-order valence-corrected chi connectivity index (χ1v) is 6.62. The van der Waals surface area contributed by atoms with Gasteiger partial charge in [0.05, 0.1) is 12.5 Å². The maximum absolute atomic E-state index is 5.62. The lowest BCUT2D eigenvalue weighted by atomic mass is 9.93. The molecule has 82 valence electrons. The Kier molecular flexibility index (Phi) is 2.65. The Morgan fingerprint density at radius 3 is 3.06 bits per heavy atom. The number of aromatic nitrogens is 2. The summed E-state index contributed by atoms with van der Waals surface area (Å²) in [4.78, 5) is 4.40. The van der Waals surface area contributed by atoms with E-state index in [1.165, 1.54) is 17.1 Å². The van der Waals surface area contributed by atoms with Crippen molar-refractivity contribution in [3.05, 3.63) is 39.6 Å². The fourth-order valence-corrected chi connectivity index (χ4v) is 2.84. The summed E-state index contributed by atoms with van der Waals surface area (Å²) in [5.74, 6) is 2.13. The molecule has 0 aliphatic carbocycles. The standard InChI is InChI=1S/C11H9BrN2OS/c12-11-13-10(14-16-11)8-5-6-15-9-4-2-1-3-7(8)9/h1-4,8H,5-6H2. The summed E-state index contributed by atoms with van der Waals surface area (Å²) in [6.45, 7) is 0.735. The topological polar surface area (TPSA) is 35.0 Å². The second kappa shape index (κ2) is 4.14. The first kappa shape index (κ1) is 10.2. The van der Waals surface area contributed by atoms with Gasteiger partial charge in [0, 0.05) is 5.56 Å². The van der Waals surface area contributed by atoms with Gasteiger partial charge in [0.2, 0.25) is 0 Å². The second-order valence-electron chi connectivity index (χ2n) is 3.63. The van der Waals surface area contributed by atoms with Crippen LogP contribution in [0.1, 0.15) is 23.7 Å². The van der Waals surface area contributed by atoms with Gasteiger partial charge < -0.3 is 4.74 Å². The van der Waals surface area contributed by atoms with Crippen LogP contribution in [0.15, 0.2) is 28.2 Å². The van der Waals surface area contributed by atoms with Crippen molar-refractivity contribution in [3.8, 4) is 5.75 Å². The molecule has 0 bridgehead atoms. The third-order valence-corrected chi connectivity index (χ3v) is 3.82. The molecule has 0 amide bonds. The minimum Gasteiger partial charge on any atom is -0.493 e. The van der Waals surface area contributed by atoms with Gasteiger partial charge in [-0.2, -0.15) is 4.37 Å². The quantitative estimate of drug-likeness (QED) is 0.810. The van der Waals surface area contributed by atoms with Crippen LogP contribution in [0.3, 0.4) is 0 Å². The SMILES string of the molecule is Brc1nc(C2CCOc3ccccc32)ns1. The third kappa shape index (κ3) is 1.74. The van der Waals surface area contributed by atoms with Gasteiger partial charge in [0.25, 0.3) is 0 Å². The fraction of sp³-hybridized carbons (Fsp3) is 0.273. The van der Waals surface area contributed by atoms with E-state index in [4.69, 9.17) is 4.74 Å². The van der Waals surface area contributed by atoms with Crippen LogP contribution >= 0.6 is 27.5 Å². The average molecular weight is 297 g/mol. The molecule has 2 heterocycles. The Morgan fingerprint density at radius 2 is 2.25 bits per heavy atom. The van der Waals surface area contributed by atoms with Crippen molar-refractivity contribution in [2.45, 2.75) is 12.3 Å². The van der Waals surface area contributed by atoms with Crippen LogP contribution in [0.25, 0.3) is 0 Å². The van der Waals surface area contributed by atoms with Crippen LogP contribution in [0.2, 0.25) is 0 Å². The highest BCUT2D eigenvalue weighted by Gasteiger charge is 2.25. The van der Waals surface area contributed by atoms with Crippen molar-refractivity contribution in [2.24, 2.45) is 0 Å². The summed E-state index contributed by atoms with van der Waals surface area (Å²) in [5.41, 5.74) is 1.19. The van der Waals surface area contributed by atoms with Crippen molar-refractivity contribution in [3.63, 3.8) is 0 Å². The number of ether oxygens (including phenoxy) is 1. The van der Waals surface area contributed by atoms with E-state index in [0.717, 1.165) is 28.5 Å². The molecule has 1 aliphatic heterocycles. The van der Waals surface area contributed by atoms with Gasteiger partial charge >= 0.3 is 0 Å². The minimum absolute atomic E-state index is 0.271. The molecule has 0 spiro atoms. The molecule has 1 unspecified atom stereocenters. The number of rotatable bonds is 1. The number of hydrogen-bond acceptors (Lipinski definition) is 4. The predicted molar refractivity (Wildman–Crippen MR) is 66.0 cm³/mol. The van der Waals surface area contributed by atoms with E-state index in [0.29, 0.717) is 0 Å². The number of nitrogens with zero attached hydrogens (tertiary/aromatic N) is 2. The Morgan fingerprint density at radius 1 is 1.38 bits per heavy atom. The number of fused-ring (bicyclic) bond motifs is 1. The molecule has 5 heteroatoms. The average Bonchev–Trinajstić information content (AvgIpc) is 2.75. The number of hydrogen-bond donors (Lipinski definition) is 0. The van der Waals surface area contributed by atoms with Crippen LogP contribution in [-0.2, 0) is 0 Å². The highest BCUT2D eigenvalue weighted by molar-refractivity contribution is 9.11. The number of para-hydroxylation sites is 1. The number of halogens is 1. The number of benzene rings is 1. The highest BCUT2D eigenvalue weighted by atomic mass is 79.9. The molecular formula is C11H9BrN2OS. The van der Waals surface area contributed by atoms with Gasteiger partial charge in [-0.3, -0.25) is 0 Å². The summed E-state index contributed by atoms with van der Waals surface area (Å²) >= 11 is 4.74. The molecule has 1 aromatic carbocycles. The molecular weight excluding hydrogens is 288 g/mol.